The molecule has 33 heavy (non-hydrogen) atoms. The monoisotopic (exact) mass is 514 g/mol. The summed E-state index contributed by atoms with van der Waals surface area (Å²) in [5.74, 6) is -0.0516. The molecule has 1 aromatic rings. The molecule has 2 aliphatic rings. The van der Waals surface area contributed by atoms with E-state index in [-0.39, 0.29) is 69.4 Å². The average molecular weight is 514 g/mol. The van der Waals surface area contributed by atoms with Gasteiger partial charge in [-0.2, -0.15) is 4.98 Å². The van der Waals surface area contributed by atoms with Crippen molar-refractivity contribution < 1.29 is 39.7 Å². The summed E-state index contributed by atoms with van der Waals surface area (Å²) in [5, 5.41) is 38.8. The van der Waals surface area contributed by atoms with Crippen molar-refractivity contribution in [3.05, 3.63) is 44.1 Å². The van der Waals surface area contributed by atoms with Crippen LogP contribution in [0.25, 0.3) is 22.6 Å². The van der Waals surface area contributed by atoms with Crippen LogP contribution in [0.15, 0.2) is 21.7 Å². The van der Waals surface area contributed by atoms with Crippen LogP contribution in [0.1, 0.15) is 11.1 Å². The first-order valence-electron chi connectivity index (χ1n) is 9.08. The van der Waals surface area contributed by atoms with Crippen molar-refractivity contribution in [2.24, 2.45) is 0 Å². The second kappa shape index (κ2) is 12.2. The number of phosphoric acid groups is 1. The molecule has 0 unspecified atom stereocenters. The number of nitrogens with zero attached hydrogens (tertiary/aromatic N) is 3. The van der Waals surface area contributed by atoms with E-state index in [4.69, 9.17) is 24.4 Å². The first-order valence-corrected chi connectivity index (χ1v) is 10.6. The van der Waals surface area contributed by atoms with Gasteiger partial charge in [0.15, 0.2) is 11.5 Å². The third kappa shape index (κ3) is 8.07. The molecule has 0 bridgehead atoms. The van der Waals surface area contributed by atoms with Gasteiger partial charge in [-0.25, -0.2) is 14.3 Å². The number of aryl methyl sites for hydroxylation is 2. The van der Waals surface area contributed by atoms with Crippen LogP contribution in [0, 0.1) is 13.8 Å². The Morgan fingerprint density at radius 3 is 2.12 bits per heavy atom. The predicted octanol–water partition coefficient (Wildman–Crippen LogP) is -3.30. The Kier molecular flexibility index (Phi) is 11.1. The van der Waals surface area contributed by atoms with E-state index in [2.05, 4.69) is 15.0 Å². The maximum absolute atomic E-state index is 12.2. The summed E-state index contributed by atoms with van der Waals surface area (Å²) >= 11 is 0. The third-order valence-corrected chi connectivity index (χ3v) is 4.57. The van der Waals surface area contributed by atoms with Crippen LogP contribution >= 0.6 is 7.82 Å². The summed E-state index contributed by atoms with van der Waals surface area (Å²) in [7, 11) is -4.64. The van der Waals surface area contributed by atoms with Crippen LogP contribution in [-0.2, 0) is 11.1 Å². The van der Waals surface area contributed by atoms with E-state index in [0.29, 0.717) is 11.0 Å². The fraction of sp³-hybridized carbons (Fsp3) is 0.412. The predicted molar refractivity (Wildman–Crippen MR) is 117 cm³/mol. The number of nitrogens with one attached hydrogen (secondary N) is 1. The van der Waals surface area contributed by atoms with E-state index >= 15 is 0 Å². The molecular weight excluding hydrogens is 490 g/mol. The van der Waals surface area contributed by atoms with E-state index in [1.165, 1.54) is 4.57 Å². The van der Waals surface area contributed by atoms with E-state index in [1.54, 1.807) is 12.1 Å². The van der Waals surface area contributed by atoms with Gasteiger partial charge in [0, 0.05) is 0 Å². The molecule has 0 saturated carbocycles. The van der Waals surface area contributed by atoms with Crippen molar-refractivity contribution in [1.82, 2.24) is 19.5 Å². The van der Waals surface area contributed by atoms with Crippen molar-refractivity contribution in [3.8, 4) is 11.5 Å². The second-order valence-electron chi connectivity index (χ2n) is 7.01. The molecule has 8 N–H and O–H groups in total. The van der Waals surface area contributed by atoms with Gasteiger partial charge in [-0.3, -0.25) is 9.78 Å². The van der Waals surface area contributed by atoms with Gasteiger partial charge >= 0.3 is 64.9 Å². The standard InChI is InChI=1S/C17H20N4O6.K.H3O4P.H/c1-7-3-9-10(4-8(7)2)21(5-11(23)14(25)12(24)6-22)15-13(18-9)16(26)20-17(27)19-15;;1-5(2,3)4;/h3-4,11-12,14,22-25H,5-6H2,1-2H3,(H,20,26,27);;(H3,1,2,3,4);/t11-,12+,14-;;;/m0.../s1. The number of hydrogen-bond donors (Lipinski definition) is 8. The van der Waals surface area contributed by atoms with Gasteiger partial charge in [-0.15, -0.1) is 0 Å². The van der Waals surface area contributed by atoms with Crippen molar-refractivity contribution >= 4 is 70.2 Å². The van der Waals surface area contributed by atoms with Crippen LogP contribution in [0.2, 0.25) is 0 Å². The number of rotatable bonds is 5. The number of aliphatic hydroxyl groups excluding tert-OH is 4. The van der Waals surface area contributed by atoms with E-state index < -0.39 is 44.0 Å². The number of aromatic amines is 1. The zero-order chi connectivity index (χ0) is 24.4. The first-order chi connectivity index (χ1) is 14.7. The van der Waals surface area contributed by atoms with E-state index in [1.807, 2.05) is 13.8 Å². The molecule has 1 aromatic carbocycles. The minimum absolute atomic E-state index is 0. The quantitative estimate of drug-likeness (QED) is 0.0949. The number of H-pyrrole nitrogens is 1. The van der Waals surface area contributed by atoms with Crippen molar-refractivity contribution in [1.29, 1.82) is 0 Å². The molecule has 0 aliphatic carbocycles. The van der Waals surface area contributed by atoms with Gasteiger partial charge in [-0.05, 0) is 37.1 Å². The minimum atomic E-state index is -4.64. The van der Waals surface area contributed by atoms with Crippen LogP contribution in [0.4, 0.5) is 0 Å². The van der Waals surface area contributed by atoms with E-state index in [9.17, 15) is 24.9 Å². The van der Waals surface area contributed by atoms with Crippen LogP contribution in [0.3, 0.4) is 0 Å². The molecule has 2 aliphatic heterocycles. The van der Waals surface area contributed by atoms with Gasteiger partial charge in [0.25, 0.3) is 5.56 Å². The average Bonchev–Trinajstić information content (AvgIpc) is 2.67. The molecule has 0 fully saturated rings. The fourth-order valence-corrected chi connectivity index (χ4v) is 2.89. The van der Waals surface area contributed by atoms with Crippen LogP contribution < -0.4 is 11.2 Å². The first kappa shape index (κ1) is 30.1. The topological polar surface area (TPSA) is 239 Å². The molecule has 0 radical (unpaired) electrons. The van der Waals surface area contributed by atoms with Crippen LogP contribution in [-0.4, -0.2) is 131 Å². The Morgan fingerprint density at radius 1 is 1.03 bits per heavy atom. The maximum atomic E-state index is 12.2. The van der Waals surface area contributed by atoms with Crippen molar-refractivity contribution in [2.75, 3.05) is 6.61 Å². The normalized spacial score (nSPS) is 14.2. The molecule has 3 atom stereocenters. The fourth-order valence-electron chi connectivity index (χ4n) is 2.89. The van der Waals surface area contributed by atoms with Gasteiger partial charge in [0.05, 0.1) is 24.2 Å². The molecule has 3 rings (SSSR count). The summed E-state index contributed by atoms with van der Waals surface area (Å²) in [4.78, 5) is 55.6. The second-order valence-corrected chi connectivity index (χ2v) is 8.04. The molecule has 16 heteroatoms. The summed E-state index contributed by atoms with van der Waals surface area (Å²) in [5.41, 5.74) is 1.11. The number of aromatic nitrogens is 4. The Balaban J connectivity index is 0.000000821. The Labute approximate surface area is 228 Å². The Morgan fingerprint density at radius 2 is 1.58 bits per heavy atom. The molecule has 0 amide bonds. The van der Waals surface area contributed by atoms with Gasteiger partial charge in [0.2, 0.25) is 0 Å². The molecule has 0 aromatic heterocycles. The molecule has 178 valence electrons. The van der Waals surface area contributed by atoms with Gasteiger partial charge < -0.3 is 39.7 Å². The van der Waals surface area contributed by atoms with E-state index in [0.717, 1.165) is 11.1 Å². The SMILES string of the molecule is Cc1cc2nc3c(=O)[nH]c(=O)nc-3n(C[C@H](O)[C@H](O)[C@H](O)CO)c2cc1C.O=P(O)(O)O.[KH]. The van der Waals surface area contributed by atoms with Crippen molar-refractivity contribution in [3.63, 3.8) is 0 Å². The molecule has 14 nitrogen and oxygen atoms in total. The summed E-state index contributed by atoms with van der Waals surface area (Å²) in [6, 6.07) is 3.53. The van der Waals surface area contributed by atoms with Gasteiger partial charge in [0.1, 0.15) is 18.3 Å². The summed E-state index contributed by atoms with van der Waals surface area (Å²) < 4.78 is 10.3. The number of benzene rings is 1. The molecular formula is C17H24KN4O10P. The number of aliphatic hydroxyl groups is 4. The zero-order valence-electron chi connectivity index (χ0n) is 16.9. The molecule has 2 heterocycles. The Bertz CT molecular complexity index is 1230. The molecule has 0 spiro atoms. The summed E-state index contributed by atoms with van der Waals surface area (Å²) in [6.07, 6.45) is -4.68. The third-order valence-electron chi connectivity index (χ3n) is 4.57. The van der Waals surface area contributed by atoms with Crippen molar-refractivity contribution in [2.45, 2.75) is 38.7 Å². The summed E-state index contributed by atoms with van der Waals surface area (Å²) in [6.45, 7) is 2.73. The zero-order valence-corrected chi connectivity index (χ0v) is 17.8. The number of hydrogen-bond acceptors (Lipinski definition) is 9. The molecule has 0 saturated heterocycles. The van der Waals surface area contributed by atoms with Crippen LogP contribution in [0.5, 0.6) is 0 Å². The van der Waals surface area contributed by atoms with Gasteiger partial charge in [-0.1, -0.05) is 0 Å². The number of fused-ring (bicyclic) bond motifs is 2. The Hall–Kier alpha value is -0.914.